The van der Waals surface area contributed by atoms with E-state index in [1.807, 2.05) is 26.2 Å². The Morgan fingerprint density at radius 1 is 1.41 bits per heavy atom. The largest absolute Gasteiger partial charge is 0.481 e. The third-order valence-electron chi connectivity index (χ3n) is 3.17. The summed E-state index contributed by atoms with van der Waals surface area (Å²) in [6.45, 7) is 7.32. The predicted molar refractivity (Wildman–Crippen MR) is 82.1 cm³/mol. The summed E-state index contributed by atoms with van der Waals surface area (Å²) in [5, 5.41) is 14.5. The molecule has 0 bridgehead atoms. The van der Waals surface area contributed by atoms with Gasteiger partial charge in [-0.3, -0.25) is 9.59 Å². The summed E-state index contributed by atoms with van der Waals surface area (Å²) in [5.74, 6) is -1.24. The van der Waals surface area contributed by atoms with Crippen molar-refractivity contribution >= 4 is 23.2 Å². The zero-order valence-corrected chi connectivity index (χ0v) is 13.7. The molecule has 2 aromatic heterocycles. The number of aliphatic carboxylic acids is 1. The summed E-state index contributed by atoms with van der Waals surface area (Å²) in [6.07, 6.45) is 1.07. The molecule has 0 spiro atoms. The van der Waals surface area contributed by atoms with Crippen LogP contribution in [0, 0.1) is 13.8 Å². The van der Waals surface area contributed by atoms with Crippen LogP contribution in [0.25, 0.3) is 0 Å². The highest BCUT2D eigenvalue weighted by Crippen LogP contribution is 2.25. The van der Waals surface area contributed by atoms with Crippen molar-refractivity contribution in [1.29, 1.82) is 0 Å². The number of nitrogens with zero attached hydrogens (tertiary/aromatic N) is 1. The summed E-state index contributed by atoms with van der Waals surface area (Å²) in [6, 6.07) is 0. The first-order chi connectivity index (χ1) is 10.2. The standard InChI is InChI=1S/C15H18N2O4S/c1-8-6-21-10(5-11(18)19)12(8)13(20)17-15(3,4)14-16-9(2)7-22-14/h6-7H,5H2,1-4H3,(H,17,20)(H,18,19). The number of carbonyl (C=O) groups excluding carboxylic acids is 1. The van der Waals surface area contributed by atoms with Crippen molar-refractivity contribution in [3.05, 3.63) is 39.2 Å². The number of hydrogen-bond donors (Lipinski definition) is 2. The molecule has 0 atom stereocenters. The molecule has 0 saturated heterocycles. The van der Waals surface area contributed by atoms with Crippen LogP contribution in [0.15, 0.2) is 16.1 Å². The molecule has 0 aliphatic carbocycles. The van der Waals surface area contributed by atoms with Gasteiger partial charge in [-0.05, 0) is 27.7 Å². The number of furan rings is 1. The molecule has 2 heterocycles. The molecule has 6 nitrogen and oxygen atoms in total. The second kappa shape index (κ2) is 5.92. The Balaban J connectivity index is 2.25. The van der Waals surface area contributed by atoms with Gasteiger partial charge in [0, 0.05) is 16.6 Å². The van der Waals surface area contributed by atoms with Crippen LogP contribution in [0.3, 0.4) is 0 Å². The normalized spacial score (nSPS) is 11.5. The molecule has 0 unspecified atom stereocenters. The summed E-state index contributed by atoms with van der Waals surface area (Å²) >= 11 is 1.47. The Bertz CT molecular complexity index is 715. The van der Waals surface area contributed by atoms with Crippen LogP contribution < -0.4 is 5.32 Å². The average Bonchev–Trinajstić information content (AvgIpc) is 2.95. The summed E-state index contributed by atoms with van der Waals surface area (Å²) in [4.78, 5) is 27.8. The number of amides is 1. The third kappa shape index (κ3) is 3.36. The minimum absolute atomic E-state index is 0.161. The van der Waals surface area contributed by atoms with Crippen LogP contribution in [0.4, 0.5) is 0 Å². The number of hydrogen-bond acceptors (Lipinski definition) is 5. The van der Waals surface area contributed by atoms with Crippen molar-refractivity contribution in [3.8, 4) is 0 Å². The molecule has 1 amide bonds. The highest BCUT2D eigenvalue weighted by atomic mass is 32.1. The van der Waals surface area contributed by atoms with Gasteiger partial charge in [0.15, 0.2) is 0 Å². The molecule has 0 saturated carbocycles. The van der Waals surface area contributed by atoms with E-state index in [4.69, 9.17) is 9.52 Å². The highest BCUT2D eigenvalue weighted by Gasteiger charge is 2.29. The minimum atomic E-state index is -1.04. The molecule has 2 aromatic rings. The van der Waals surface area contributed by atoms with Crippen molar-refractivity contribution in [2.45, 2.75) is 39.7 Å². The van der Waals surface area contributed by atoms with Gasteiger partial charge in [-0.15, -0.1) is 11.3 Å². The molecule has 2 N–H and O–H groups in total. The number of carboxylic acids is 1. The summed E-state index contributed by atoms with van der Waals surface area (Å²) < 4.78 is 5.20. The Labute approximate surface area is 132 Å². The smallest absolute Gasteiger partial charge is 0.311 e. The molecule has 2 rings (SSSR count). The molecule has 0 aliphatic heterocycles. The van der Waals surface area contributed by atoms with Gasteiger partial charge in [0.1, 0.15) is 17.2 Å². The number of nitrogens with one attached hydrogen (secondary N) is 1. The number of rotatable bonds is 5. The zero-order valence-electron chi connectivity index (χ0n) is 12.9. The van der Waals surface area contributed by atoms with E-state index in [1.54, 1.807) is 6.92 Å². The van der Waals surface area contributed by atoms with Gasteiger partial charge >= 0.3 is 5.97 Å². The molecule has 22 heavy (non-hydrogen) atoms. The predicted octanol–water partition coefficient (Wildman–Crippen LogP) is 2.65. The minimum Gasteiger partial charge on any atom is -0.481 e. The molecule has 0 fully saturated rings. The van der Waals surface area contributed by atoms with Crippen LogP contribution in [-0.4, -0.2) is 22.0 Å². The van der Waals surface area contributed by atoms with E-state index in [0.717, 1.165) is 10.7 Å². The number of aryl methyl sites for hydroxylation is 2. The average molecular weight is 322 g/mol. The fraction of sp³-hybridized carbons (Fsp3) is 0.400. The molecule has 118 valence electrons. The number of aromatic nitrogens is 1. The van der Waals surface area contributed by atoms with Gasteiger partial charge < -0.3 is 14.8 Å². The van der Waals surface area contributed by atoms with E-state index in [0.29, 0.717) is 5.56 Å². The van der Waals surface area contributed by atoms with E-state index in [2.05, 4.69) is 10.3 Å². The van der Waals surface area contributed by atoms with Gasteiger partial charge in [0.2, 0.25) is 0 Å². The van der Waals surface area contributed by atoms with Crippen molar-refractivity contribution in [1.82, 2.24) is 10.3 Å². The summed E-state index contributed by atoms with van der Waals surface area (Å²) in [5.41, 5.74) is 1.14. The maximum absolute atomic E-state index is 12.5. The first-order valence-electron chi connectivity index (χ1n) is 6.74. The van der Waals surface area contributed by atoms with Crippen LogP contribution in [0.1, 0.15) is 46.2 Å². The fourth-order valence-corrected chi connectivity index (χ4v) is 2.99. The Hall–Kier alpha value is -2.15. The lowest BCUT2D eigenvalue weighted by Gasteiger charge is -2.24. The van der Waals surface area contributed by atoms with Crippen molar-refractivity contribution < 1.29 is 19.1 Å². The number of carbonyl (C=O) groups is 2. The van der Waals surface area contributed by atoms with Gasteiger partial charge in [-0.1, -0.05) is 0 Å². The Morgan fingerprint density at radius 3 is 2.64 bits per heavy atom. The molecular formula is C15H18N2O4S. The zero-order chi connectivity index (χ0) is 16.5. The number of carboxylic acid groups (broad SMARTS) is 1. The molecule has 0 radical (unpaired) electrons. The molecular weight excluding hydrogens is 304 g/mol. The van der Waals surface area contributed by atoms with E-state index in [9.17, 15) is 9.59 Å². The Morgan fingerprint density at radius 2 is 2.09 bits per heavy atom. The van der Waals surface area contributed by atoms with E-state index in [1.165, 1.54) is 17.6 Å². The van der Waals surface area contributed by atoms with Crippen LogP contribution in [0.2, 0.25) is 0 Å². The SMILES string of the molecule is Cc1csc(C(C)(C)NC(=O)c2c(C)coc2CC(=O)O)n1. The lowest BCUT2D eigenvalue weighted by atomic mass is 10.0. The topological polar surface area (TPSA) is 92.4 Å². The molecule has 0 aromatic carbocycles. The maximum atomic E-state index is 12.5. The van der Waals surface area contributed by atoms with Crippen LogP contribution >= 0.6 is 11.3 Å². The summed E-state index contributed by atoms with van der Waals surface area (Å²) in [7, 11) is 0. The van der Waals surface area contributed by atoms with Crippen LogP contribution in [-0.2, 0) is 16.8 Å². The second-order valence-corrected chi connectivity index (χ2v) is 6.52. The van der Waals surface area contributed by atoms with Crippen LogP contribution in [0.5, 0.6) is 0 Å². The second-order valence-electron chi connectivity index (χ2n) is 5.66. The van der Waals surface area contributed by atoms with E-state index < -0.39 is 11.5 Å². The fourth-order valence-electron chi connectivity index (χ4n) is 2.11. The lowest BCUT2D eigenvalue weighted by molar-refractivity contribution is -0.136. The van der Waals surface area contributed by atoms with E-state index >= 15 is 0 Å². The van der Waals surface area contributed by atoms with Gasteiger partial charge in [0.05, 0.1) is 17.4 Å². The van der Waals surface area contributed by atoms with Crippen molar-refractivity contribution in [2.24, 2.45) is 0 Å². The van der Waals surface area contributed by atoms with Crippen molar-refractivity contribution in [2.75, 3.05) is 0 Å². The monoisotopic (exact) mass is 322 g/mol. The highest BCUT2D eigenvalue weighted by molar-refractivity contribution is 7.09. The van der Waals surface area contributed by atoms with Gasteiger partial charge in [-0.2, -0.15) is 0 Å². The molecule has 0 aliphatic rings. The lowest BCUT2D eigenvalue weighted by Crippen LogP contribution is -2.41. The Kier molecular flexibility index (Phi) is 4.37. The first kappa shape index (κ1) is 16.2. The van der Waals surface area contributed by atoms with Gasteiger partial charge in [-0.25, -0.2) is 4.98 Å². The third-order valence-corrected chi connectivity index (χ3v) is 4.45. The molecule has 7 heteroatoms. The quantitative estimate of drug-likeness (QED) is 0.883. The van der Waals surface area contributed by atoms with E-state index in [-0.39, 0.29) is 23.7 Å². The maximum Gasteiger partial charge on any atom is 0.311 e. The number of thiazole rings is 1. The first-order valence-corrected chi connectivity index (χ1v) is 7.62. The van der Waals surface area contributed by atoms with Crippen molar-refractivity contribution in [3.63, 3.8) is 0 Å². The van der Waals surface area contributed by atoms with Gasteiger partial charge in [0.25, 0.3) is 5.91 Å².